The van der Waals surface area contributed by atoms with Crippen molar-refractivity contribution < 1.29 is 12.8 Å². The van der Waals surface area contributed by atoms with Crippen molar-refractivity contribution in [3.63, 3.8) is 0 Å². The van der Waals surface area contributed by atoms with Gasteiger partial charge in [-0.25, -0.2) is 22.5 Å². The number of rotatable bonds is 5. The molecule has 112 valence electrons. The molecular formula is C12H12FN3O2S3. The van der Waals surface area contributed by atoms with Crippen molar-refractivity contribution in [2.24, 2.45) is 5.73 Å². The molecule has 0 spiro atoms. The van der Waals surface area contributed by atoms with Crippen molar-refractivity contribution in [1.82, 2.24) is 9.71 Å². The van der Waals surface area contributed by atoms with E-state index in [0.717, 1.165) is 10.9 Å². The Morgan fingerprint density at radius 2 is 2.24 bits per heavy atom. The summed E-state index contributed by atoms with van der Waals surface area (Å²) < 4.78 is 40.6. The quantitative estimate of drug-likeness (QED) is 0.806. The van der Waals surface area contributed by atoms with Gasteiger partial charge in [0.05, 0.1) is 17.0 Å². The summed E-state index contributed by atoms with van der Waals surface area (Å²) in [6.07, 6.45) is 1.65. The molecule has 0 aliphatic heterocycles. The molecule has 1 aromatic heterocycles. The Balaban J connectivity index is 2.32. The Bertz CT molecular complexity index is 787. The van der Waals surface area contributed by atoms with E-state index >= 15 is 0 Å². The fourth-order valence-corrected chi connectivity index (χ4v) is 3.99. The first-order valence-corrected chi connectivity index (χ1v) is 8.51. The fraction of sp³-hybridized carbons (Fsp3) is 0.167. The number of hydrogen-bond donors (Lipinski definition) is 2. The average Bonchev–Trinajstić information content (AvgIpc) is 2.82. The number of aryl methyl sites for hydroxylation is 1. The number of nitrogens with zero attached hydrogens (tertiary/aromatic N) is 1. The number of benzene rings is 1. The molecule has 1 aromatic carbocycles. The largest absolute Gasteiger partial charge is 0.389 e. The number of thiazole rings is 1. The van der Waals surface area contributed by atoms with E-state index in [4.69, 9.17) is 18.0 Å². The third-order valence-corrected chi connectivity index (χ3v) is 5.15. The van der Waals surface area contributed by atoms with Crippen molar-refractivity contribution in [3.05, 3.63) is 45.7 Å². The van der Waals surface area contributed by atoms with Crippen molar-refractivity contribution in [2.45, 2.75) is 18.4 Å². The van der Waals surface area contributed by atoms with E-state index < -0.39 is 15.8 Å². The maximum absolute atomic E-state index is 13.7. The van der Waals surface area contributed by atoms with E-state index in [2.05, 4.69) is 9.71 Å². The smallest absolute Gasteiger partial charge is 0.241 e. The second kappa shape index (κ2) is 6.14. The number of hydrogen-bond acceptors (Lipinski definition) is 5. The van der Waals surface area contributed by atoms with E-state index in [1.807, 2.05) is 6.92 Å². The molecule has 3 N–H and O–H groups in total. The molecule has 0 aliphatic rings. The lowest BCUT2D eigenvalue weighted by Gasteiger charge is -2.10. The van der Waals surface area contributed by atoms with Gasteiger partial charge in [0.2, 0.25) is 10.0 Å². The lowest BCUT2D eigenvalue weighted by Crippen LogP contribution is -2.27. The van der Waals surface area contributed by atoms with Gasteiger partial charge < -0.3 is 5.73 Å². The second-order valence-corrected chi connectivity index (χ2v) is 7.66. The molecule has 0 atom stereocenters. The first-order chi connectivity index (χ1) is 9.81. The molecule has 0 amide bonds. The van der Waals surface area contributed by atoms with Crippen LogP contribution in [0.25, 0.3) is 0 Å². The van der Waals surface area contributed by atoms with E-state index in [1.54, 1.807) is 6.20 Å². The summed E-state index contributed by atoms with van der Waals surface area (Å²) in [7, 11) is -3.94. The summed E-state index contributed by atoms with van der Waals surface area (Å²) >= 11 is 6.10. The normalized spacial score (nSPS) is 11.5. The first-order valence-electron chi connectivity index (χ1n) is 5.80. The van der Waals surface area contributed by atoms with Gasteiger partial charge in [-0.3, -0.25) is 0 Å². The molecule has 2 rings (SSSR count). The summed E-state index contributed by atoms with van der Waals surface area (Å²) in [5.74, 6) is -0.768. The number of nitrogens with one attached hydrogen (secondary N) is 1. The Labute approximate surface area is 131 Å². The predicted octanol–water partition coefficient (Wildman–Crippen LogP) is 1.70. The van der Waals surface area contributed by atoms with Crippen molar-refractivity contribution in [1.29, 1.82) is 0 Å². The lowest BCUT2D eigenvalue weighted by molar-refractivity contribution is 0.576. The summed E-state index contributed by atoms with van der Waals surface area (Å²) in [6.45, 7) is 1.89. The van der Waals surface area contributed by atoms with Crippen LogP contribution in [0.4, 0.5) is 4.39 Å². The molecule has 0 unspecified atom stereocenters. The van der Waals surface area contributed by atoms with Gasteiger partial charge in [-0.15, -0.1) is 11.3 Å². The average molecular weight is 345 g/mol. The van der Waals surface area contributed by atoms with Gasteiger partial charge in [0.15, 0.2) is 0 Å². The van der Waals surface area contributed by atoms with E-state index in [1.165, 1.54) is 23.5 Å². The first kappa shape index (κ1) is 16.0. The van der Waals surface area contributed by atoms with Gasteiger partial charge in [0.1, 0.15) is 15.8 Å². The van der Waals surface area contributed by atoms with Gasteiger partial charge in [0, 0.05) is 11.1 Å². The SMILES string of the molecule is Cc1cnc(CNS(=O)(=O)c2cccc(F)c2C(N)=S)s1. The van der Waals surface area contributed by atoms with Crippen LogP contribution in [-0.2, 0) is 16.6 Å². The second-order valence-electron chi connectivity index (χ2n) is 4.17. The highest BCUT2D eigenvalue weighted by atomic mass is 32.2. The standard InChI is InChI=1S/C12H12FN3O2S3/c1-7-5-15-10(20-7)6-16-21(17,18)9-4-2-3-8(13)11(9)12(14)19/h2-5,16H,6H2,1H3,(H2,14,19). The van der Waals surface area contributed by atoms with Crippen LogP contribution >= 0.6 is 23.6 Å². The van der Waals surface area contributed by atoms with Crippen LogP contribution in [0.15, 0.2) is 29.3 Å². The highest BCUT2D eigenvalue weighted by molar-refractivity contribution is 7.89. The zero-order valence-corrected chi connectivity index (χ0v) is 13.4. The van der Waals surface area contributed by atoms with E-state index in [0.29, 0.717) is 5.01 Å². The molecule has 9 heteroatoms. The third-order valence-electron chi connectivity index (χ3n) is 2.59. The molecule has 0 radical (unpaired) electrons. The molecule has 1 heterocycles. The molecule has 0 aliphatic carbocycles. The van der Waals surface area contributed by atoms with Crippen LogP contribution in [0.5, 0.6) is 0 Å². The minimum Gasteiger partial charge on any atom is -0.389 e. The van der Waals surface area contributed by atoms with E-state index in [9.17, 15) is 12.8 Å². The fourth-order valence-electron chi connectivity index (χ4n) is 1.69. The van der Waals surface area contributed by atoms with Crippen molar-refractivity contribution in [3.8, 4) is 0 Å². The Morgan fingerprint density at radius 3 is 2.81 bits per heavy atom. The Kier molecular flexibility index (Phi) is 4.67. The number of nitrogens with two attached hydrogens (primary N) is 1. The monoisotopic (exact) mass is 345 g/mol. The van der Waals surface area contributed by atoms with Crippen LogP contribution in [0, 0.1) is 12.7 Å². The Hall–Kier alpha value is -1.42. The summed E-state index contributed by atoms with van der Waals surface area (Å²) in [4.78, 5) is 4.44. The summed E-state index contributed by atoms with van der Waals surface area (Å²) in [5, 5.41) is 0.615. The van der Waals surface area contributed by atoms with Crippen LogP contribution in [0.3, 0.4) is 0 Å². The van der Waals surface area contributed by atoms with E-state index in [-0.39, 0.29) is 22.0 Å². The maximum Gasteiger partial charge on any atom is 0.241 e. The molecule has 0 bridgehead atoms. The molecule has 0 saturated heterocycles. The van der Waals surface area contributed by atoms with Crippen LogP contribution in [-0.4, -0.2) is 18.4 Å². The zero-order valence-electron chi connectivity index (χ0n) is 11.0. The number of thiocarbonyl (C=S) groups is 1. The van der Waals surface area contributed by atoms with Crippen molar-refractivity contribution >= 4 is 38.6 Å². The lowest BCUT2D eigenvalue weighted by atomic mass is 10.2. The third kappa shape index (κ3) is 3.62. The molecule has 21 heavy (non-hydrogen) atoms. The number of halogens is 1. The van der Waals surface area contributed by atoms with Gasteiger partial charge in [-0.2, -0.15) is 0 Å². The highest BCUT2D eigenvalue weighted by Crippen LogP contribution is 2.19. The maximum atomic E-state index is 13.7. The number of aromatic nitrogens is 1. The summed E-state index contributed by atoms with van der Waals surface area (Å²) in [6, 6.07) is 3.66. The van der Waals surface area contributed by atoms with Crippen LogP contribution < -0.4 is 10.5 Å². The minimum absolute atomic E-state index is 0.0220. The van der Waals surface area contributed by atoms with Gasteiger partial charge in [-0.05, 0) is 19.1 Å². The van der Waals surface area contributed by atoms with Gasteiger partial charge >= 0.3 is 0 Å². The van der Waals surface area contributed by atoms with Gasteiger partial charge in [-0.1, -0.05) is 18.3 Å². The van der Waals surface area contributed by atoms with Crippen molar-refractivity contribution in [2.75, 3.05) is 0 Å². The molecule has 0 fully saturated rings. The predicted molar refractivity (Wildman–Crippen MR) is 83.2 cm³/mol. The topological polar surface area (TPSA) is 85.1 Å². The molecule has 0 saturated carbocycles. The Morgan fingerprint density at radius 1 is 1.52 bits per heavy atom. The van der Waals surface area contributed by atoms with Gasteiger partial charge in [0.25, 0.3) is 0 Å². The summed E-state index contributed by atoms with van der Waals surface area (Å²) in [5.41, 5.74) is 5.13. The van der Waals surface area contributed by atoms with Crippen LogP contribution in [0.2, 0.25) is 0 Å². The highest BCUT2D eigenvalue weighted by Gasteiger charge is 2.22. The zero-order chi connectivity index (χ0) is 15.6. The molecule has 5 nitrogen and oxygen atoms in total. The number of sulfonamides is 1. The van der Waals surface area contributed by atoms with Crippen LogP contribution in [0.1, 0.15) is 15.4 Å². The molecule has 2 aromatic rings. The molecular weight excluding hydrogens is 333 g/mol. The minimum atomic E-state index is -3.94.